The van der Waals surface area contributed by atoms with Crippen LogP contribution in [-0.4, -0.2) is 23.0 Å². The highest BCUT2D eigenvalue weighted by Gasteiger charge is 2.18. The summed E-state index contributed by atoms with van der Waals surface area (Å²) < 4.78 is 11.4. The lowest BCUT2D eigenvalue weighted by Gasteiger charge is -2.10. The van der Waals surface area contributed by atoms with E-state index in [-0.39, 0.29) is 17.1 Å². The fourth-order valence-corrected chi connectivity index (χ4v) is 3.26. The van der Waals surface area contributed by atoms with Crippen LogP contribution in [0.15, 0.2) is 56.1 Å². The molecule has 0 radical (unpaired) electrons. The van der Waals surface area contributed by atoms with Crippen LogP contribution in [0.5, 0.6) is 5.75 Å². The number of anilines is 1. The van der Waals surface area contributed by atoms with Gasteiger partial charge in [-0.25, -0.2) is 14.8 Å². The van der Waals surface area contributed by atoms with E-state index in [2.05, 4.69) is 31.2 Å². The molecule has 140 valence electrons. The van der Waals surface area contributed by atoms with Gasteiger partial charge in [0.05, 0.1) is 12.6 Å². The van der Waals surface area contributed by atoms with E-state index >= 15 is 0 Å². The first-order chi connectivity index (χ1) is 13.5. The molecule has 2 aromatic carbocycles. The molecule has 0 saturated carbocycles. The Kier molecular flexibility index (Phi) is 4.56. The monoisotopic (exact) mass is 439 g/mol. The van der Waals surface area contributed by atoms with Gasteiger partial charge in [0.15, 0.2) is 11.6 Å². The molecule has 2 aromatic heterocycles. The number of carbonyl (C=O) groups is 1. The number of amides is 1. The highest BCUT2D eigenvalue weighted by Crippen LogP contribution is 2.30. The minimum atomic E-state index is -0.616. The van der Waals surface area contributed by atoms with Crippen LogP contribution in [0, 0.1) is 0 Å². The van der Waals surface area contributed by atoms with E-state index < -0.39 is 5.63 Å². The molecule has 0 aliphatic rings. The van der Waals surface area contributed by atoms with Crippen molar-refractivity contribution >= 4 is 49.5 Å². The zero-order valence-corrected chi connectivity index (χ0v) is 16.5. The predicted octanol–water partition coefficient (Wildman–Crippen LogP) is 4.13. The Hall–Kier alpha value is -3.26. The standard InChI is InChI=1S/C20H14BrN3O4/c1-10(25)22-19-16-17(14-9-12(21)5-8-15(14)28-20(16)26)23-18(24-19)11-3-6-13(27-2)7-4-11/h3-9H,1-2H3,(H,22,23,24,25). The minimum Gasteiger partial charge on any atom is -0.497 e. The lowest BCUT2D eigenvalue weighted by Crippen LogP contribution is -2.13. The first kappa shape index (κ1) is 18.1. The SMILES string of the molecule is COc1ccc(-c2nc(NC(C)=O)c3c(=O)oc4ccc(Br)cc4c3n2)cc1. The van der Waals surface area contributed by atoms with Crippen molar-refractivity contribution < 1.29 is 13.9 Å². The fraction of sp³-hybridized carbons (Fsp3) is 0.100. The third kappa shape index (κ3) is 3.22. The largest absolute Gasteiger partial charge is 0.497 e. The van der Waals surface area contributed by atoms with E-state index in [1.54, 1.807) is 43.5 Å². The van der Waals surface area contributed by atoms with Gasteiger partial charge in [-0.2, -0.15) is 0 Å². The summed E-state index contributed by atoms with van der Waals surface area (Å²) in [5.41, 5.74) is 0.895. The van der Waals surface area contributed by atoms with Crippen LogP contribution >= 0.6 is 15.9 Å². The van der Waals surface area contributed by atoms with E-state index in [9.17, 15) is 9.59 Å². The van der Waals surface area contributed by atoms with Crippen LogP contribution in [0.2, 0.25) is 0 Å². The molecule has 0 fully saturated rings. The quantitative estimate of drug-likeness (QED) is 0.380. The average molecular weight is 440 g/mol. The molecule has 0 saturated heterocycles. The molecule has 0 unspecified atom stereocenters. The summed E-state index contributed by atoms with van der Waals surface area (Å²) in [5, 5.41) is 3.37. The molecule has 1 amide bonds. The number of ether oxygens (including phenoxy) is 1. The molecule has 0 atom stereocenters. The maximum Gasteiger partial charge on any atom is 0.349 e. The molecule has 0 bridgehead atoms. The van der Waals surface area contributed by atoms with E-state index in [0.29, 0.717) is 33.6 Å². The van der Waals surface area contributed by atoms with Crippen LogP contribution in [-0.2, 0) is 4.79 Å². The molecular formula is C20H14BrN3O4. The Morgan fingerprint density at radius 2 is 1.89 bits per heavy atom. The van der Waals surface area contributed by atoms with Crippen molar-refractivity contribution in [1.82, 2.24) is 9.97 Å². The number of hydrogen-bond donors (Lipinski definition) is 1. The van der Waals surface area contributed by atoms with E-state index in [1.807, 2.05) is 6.07 Å². The number of nitrogens with one attached hydrogen (secondary N) is 1. The molecule has 28 heavy (non-hydrogen) atoms. The summed E-state index contributed by atoms with van der Waals surface area (Å²) in [4.78, 5) is 33.3. The molecule has 2 heterocycles. The van der Waals surface area contributed by atoms with E-state index in [1.165, 1.54) is 6.92 Å². The normalized spacial score (nSPS) is 11.0. The van der Waals surface area contributed by atoms with Gasteiger partial charge in [0, 0.05) is 22.3 Å². The van der Waals surface area contributed by atoms with Gasteiger partial charge < -0.3 is 14.5 Å². The molecule has 0 aliphatic carbocycles. The number of hydrogen-bond acceptors (Lipinski definition) is 6. The van der Waals surface area contributed by atoms with Gasteiger partial charge in [-0.3, -0.25) is 4.79 Å². The first-order valence-electron chi connectivity index (χ1n) is 8.32. The second kappa shape index (κ2) is 7.05. The van der Waals surface area contributed by atoms with Crippen LogP contribution in [0.25, 0.3) is 33.3 Å². The first-order valence-corrected chi connectivity index (χ1v) is 9.11. The lowest BCUT2D eigenvalue weighted by atomic mass is 10.1. The third-order valence-corrected chi connectivity index (χ3v) is 4.65. The Bertz CT molecular complexity index is 1280. The maximum absolute atomic E-state index is 12.6. The molecular weight excluding hydrogens is 426 g/mol. The fourth-order valence-electron chi connectivity index (χ4n) is 2.90. The second-order valence-corrected chi connectivity index (χ2v) is 6.97. The van der Waals surface area contributed by atoms with E-state index in [4.69, 9.17) is 9.15 Å². The number of rotatable bonds is 3. The Labute approximate surface area is 167 Å². The number of halogens is 1. The minimum absolute atomic E-state index is 0.110. The van der Waals surface area contributed by atoms with Crippen LogP contribution in [0.4, 0.5) is 5.82 Å². The number of carbonyl (C=O) groups excluding carboxylic acids is 1. The number of methoxy groups -OCH3 is 1. The molecule has 4 aromatic rings. The molecule has 8 heteroatoms. The Balaban J connectivity index is 2.08. The van der Waals surface area contributed by atoms with Gasteiger partial charge in [-0.1, -0.05) is 15.9 Å². The van der Waals surface area contributed by atoms with Gasteiger partial charge in [0.25, 0.3) is 0 Å². The van der Waals surface area contributed by atoms with Crippen LogP contribution < -0.4 is 15.7 Å². The zero-order chi connectivity index (χ0) is 19.8. The molecule has 1 N–H and O–H groups in total. The van der Waals surface area contributed by atoms with Gasteiger partial charge in [0.2, 0.25) is 5.91 Å². The van der Waals surface area contributed by atoms with E-state index in [0.717, 1.165) is 4.47 Å². The van der Waals surface area contributed by atoms with Crippen LogP contribution in [0.1, 0.15) is 6.92 Å². The number of aromatic nitrogens is 2. The maximum atomic E-state index is 12.6. The number of fused-ring (bicyclic) bond motifs is 3. The predicted molar refractivity (Wildman–Crippen MR) is 110 cm³/mol. The molecule has 0 spiro atoms. The third-order valence-electron chi connectivity index (χ3n) is 4.16. The molecule has 7 nitrogen and oxygen atoms in total. The summed E-state index contributed by atoms with van der Waals surface area (Å²) in [6, 6.07) is 12.5. The highest BCUT2D eigenvalue weighted by molar-refractivity contribution is 9.10. The van der Waals surface area contributed by atoms with Crippen molar-refractivity contribution in [2.75, 3.05) is 12.4 Å². The molecule has 4 rings (SSSR count). The Morgan fingerprint density at radius 1 is 1.14 bits per heavy atom. The Morgan fingerprint density at radius 3 is 2.57 bits per heavy atom. The van der Waals surface area contributed by atoms with Crippen molar-refractivity contribution in [1.29, 1.82) is 0 Å². The van der Waals surface area contributed by atoms with Crippen molar-refractivity contribution in [2.24, 2.45) is 0 Å². The van der Waals surface area contributed by atoms with Crippen molar-refractivity contribution in [3.63, 3.8) is 0 Å². The van der Waals surface area contributed by atoms with Crippen molar-refractivity contribution in [3.05, 3.63) is 57.4 Å². The average Bonchev–Trinajstić information content (AvgIpc) is 2.68. The topological polar surface area (TPSA) is 94.3 Å². The summed E-state index contributed by atoms with van der Waals surface area (Å²) in [7, 11) is 1.58. The smallest absolute Gasteiger partial charge is 0.349 e. The molecule has 0 aliphatic heterocycles. The van der Waals surface area contributed by atoms with Crippen molar-refractivity contribution in [3.8, 4) is 17.1 Å². The second-order valence-electron chi connectivity index (χ2n) is 6.06. The van der Waals surface area contributed by atoms with Gasteiger partial charge >= 0.3 is 5.63 Å². The summed E-state index contributed by atoms with van der Waals surface area (Å²) >= 11 is 3.43. The van der Waals surface area contributed by atoms with Gasteiger partial charge in [0.1, 0.15) is 16.7 Å². The number of nitrogens with zero attached hydrogens (tertiary/aromatic N) is 2. The van der Waals surface area contributed by atoms with Crippen LogP contribution in [0.3, 0.4) is 0 Å². The van der Waals surface area contributed by atoms with Gasteiger partial charge in [-0.05, 0) is 42.5 Å². The summed E-state index contributed by atoms with van der Waals surface area (Å²) in [5.74, 6) is 0.820. The van der Waals surface area contributed by atoms with Crippen molar-refractivity contribution in [2.45, 2.75) is 6.92 Å². The summed E-state index contributed by atoms with van der Waals surface area (Å²) in [6.45, 7) is 1.35. The highest BCUT2D eigenvalue weighted by atomic mass is 79.9. The van der Waals surface area contributed by atoms with Gasteiger partial charge in [-0.15, -0.1) is 0 Å². The summed E-state index contributed by atoms with van der Waals surface area (Å²) in [6.07, 6.45) is 0. The lowest BCUT2D eigenvalue weighted by molar-refractivity contribution is -0.114. The number of benzene rings is 2. The zero-order valence-electron chi connectivity index (χ0n) is 14.9.